The van der Waals surface area contributed by atoms with Crippen molar-refractivity contribution in [1.82, 2.24) is 9.88 Å². The predicted molar refractivity (Wildman–Crippen MR) is 63.1 cm³/mol. The minimum atomic E-state index is -0.248. The Hall–Kier alpha value is -1.62. The molecule has 0 saturated carbocycles. The lowest BCUT2D eigenvalue weighted by atomic mass is 10.1. The van der Waals surface area contributed by atoms with Crippen LogP contribution in [-0.4, -0.2) is 42.1 Å². The van der Waals surface area contributed by atoms with E-state index in [1.54, 1.807) is 18.9 Å². The lowest BCUT2D eigenvalue weighted by molar-refractivity contribution is 0.0709. The van der Waals surface area contributed by atoms with Crippen molar-refractivity contribution in [3.63, 3.8) is 0 Å². The number of hydrogen-bond donors (Lipinski definition) is 1. The summed E-state index contributed by atoms with van der Waals surface area (Å²) >= 11 is 0. The Morgan fingerprint density at radius 3 is 2.94 bits per heavy atom. The number of nitrogens with zero attached hydrogens (tertiary/aromatic N) is 1. The van der Waals surface area contributed by atoms with E-state index < -0.39 is 0 Å². The number of aryl methyl sites for hydroxylation is 1. The Labute approximate surface area is 99.4 Å². The van der Waals surface area contributed by atoms with Gasteiger partial charge in [-0.1, -0.05) is 0 Å². The van der Waals surface area contributed by atoms with E-state index in [0.717, 1.165) is 12.1 Å². The Balaban J connectivity index is 2.21. The molecule has 1 fully saturated rings. The van der Waals surface area contributed by atoms with E-state index in [0.29, 0.717) is 13.2 Å². The summed E-state index contributed by atoms with van der Waals surface area (Å²) in [5.41, 5.74) is 0.695. The fraction of sp³-hybridized carbons (Fsp3) is 0.500. The smallest absolute Gasteiger partial charge is 0.259 e. The molecular weight excluding hydrogens is 220 g/mol. The third-order valence-electron chi connectivity index (χ3n) is 3.06. The second-order valence-electron chi connectivity index (χ2n) is 4.33. The van der Waals surface area contributed by atoms with Crippen molar-refractivity contribution < 1.29 is 9.53 Å². The Morgan fingerprint density at radius 1 is 1.59 bits per heavy atom. The zero-order valence-electron chi connectivity index (χ0n) is 10.0. The number of likely N-dealkylation sites (N-methyl/N-ethyl adjacent to an activating group) is 1. The van der Waals surface area contributed by atoms with Crippen LogP contribution >= 0.6 is 0 Å². The van der Waals surface area contributed by atoms with Crippen molar-refractivity contribution in [2.45, 2.75) is 19.4 Å². The first-order valence-electron chi connectivity index (χ1n) is 5.64. The molecule has 0 aromatic carbocycles. The lowest BCUT2D eigenvalue weighted by Gasteiger charge is -2.22. The highest BCUT2D eigenvalue weighted by molar-refractivity contribution is 5.93. The molecular formula is C12H16N2O3. The average molecular weight is 236 g/mol. The van der Waals surface area contributed by atoms with Crippen LogP contribution in [0.5, 0.6) is 0 Å². The molecule has 1 amide bonds. The van der Waals surface area contributed by atoms with Gasteiger partial charge in [0, 0.05) is 31.6 Å². The quantitative estimate of drug-likeness (QED) is 0.815. The maximum Gasteiger partial charge on any atom is 0.259 e. The highest BCUT2D eigenvalue weighted by Crippen LogP contribution is 2.12. The van der Waals surface area contributed by atoms with Crippen molar-refractivity contribution in [3.8, 4) is 0 Å². The molecule has 1 aliphatic heterocycles. The highest BCUT2D eigenvalue weighted by Gasteiger charge is 2.26. The van der Waals surface area contributed by atoms with Gasteiger partial charge in [-0.2, -0.15) is 0 Å². The van der Waals surface area contributed by atoms with Crippen LogP contribution in [0.2, 0.25) is 0 Å². The fourth-order valence-electron chi connectivity index (χ4n) is 1.92. The van der Waals surface area contributed by atoms with E-state index in [-0.39, 0.29) is 22.9 Å². The second-order valence-corrected chi connectivity index (χ2v) is 4.33. The molecule has 0 spiro atoms. The van der Waals surface area contributed by atoms with Crippen molar-refractivity contribution in [2.24, 2.45) is 0 Å². The zero-order valence-corrected chi connectivity index (χ0v) is 10.0. The summed E-state index contributed by atoms with van der Waals surface area (Å²) in [6.45, 7) is 3.00. The van der Waals surface area contributed by atoms with Crippen LogP contribution in [0.25, 0.3) is 0 Å². The molecule has 0 radical (unpaired) electrons. The van der Waals surface area contributed by atoms with Crippen LogP contribution < -0.4 is 5.43 Å². The molecule has 0 bridgehead atoms. The van der Waals surface area contributed by atoms with Gasteiger partial charge in [-0.3, -0.25) is 9.59 Å². The number of carbonyl (C=O) groups is 1. The van der Waals surface area contributed by atoms with Crippen molar-refractivity contribution in [2.75, 3.05) is 20.3 Å². The van der Waals surface area contributed by atoms with Crippen LogP contribution in [0.1, 0.15) is 22.5 Å². The van der Waals surface area contributed by atoms with Crippen LogP contribution in [0.3, 0.4) is 0 Å². The molecule has 92 valence electrons. The number of carbonyl (C=O) groups excluding carboxylic acids is 1. The summed E-state index contributed by atoms with van der Waals surface area (Å²) in [5.74, 6) is -0.248. The van der Waals surface area contributed by atoms with Gasteiger partial charge in [0.1, 0.15) is 5.56 Å². The molecule has 2 rings (SSSR count). The Morgan fingerprint density at radius 2 is 2.35 bits per heavy atom. The first kappa shape index (κ1) is 11.9. The molecule has 1 unspecified atom stereocenters. The van der Waals surface area contributed by atoms with E-state index in [9.17, 15) is 9.59 Å². The number of nitrogens with one attached hydrogen (secondary N) is 1. The number of H-pyrrole nitrogens is 1. The Bertz CT molecular complexity index is 475. The SMILES string of the molecule is Cc1cc(=O)c(C(=O)N(C)C2CCOC2)c[nH]1. The summed E-state index contributed by atoms with van der Waals surface area (Å²) in [5, 5.41) is 0. The summed E-state index contributed by atoms with van der Waals surface area (Å²) in [7, 11) is 1.71. The minimum absolute atomic E-state index is 0.0724. The maximum absolute atomic E-state index is 12.1. The minimum Gasteiger partial charge on any atom is -0.379 e. The van der Waals surface area contributed by atoms with Crippen LogP contribution in [0.15, 0.2) is 17.1 Å². The largest absolute Gasteiger partial charge is 0.379 e. The molecule has 1 atom stereocenters. The highest BCUT2D eigenvalue weighted by atomic mass is 16.5. The normalized spacial score (nSPS) is 19.3. The number of aromatic amines is 1. The summed E-state index contributed by atoms with van der Waals surface area (Å²) < 4.78 is 5.23. The van der Waals surface area contributed by atoms with Gasteiger partial charge in [0.2, 0.25) is 0 Å². The fourth-order valence-corrected chi connectivity index (χ4v) is 1.92. The number of amides is 1. The monoisotopic (exact) mass is 236 g/mol. The van der Waals surface area contributed by atoms with Crippen LogP contribution in [-0.2, 0) is 4.74 Å². The third-order valence-corrected chi connectivity index (χ3v) is 3.06. The average Bonchev–Trinajstić information content (AvgIpc) is 2.80. The van der Waals surface area contributed by atoms with E-state index in [1.165, 1.54) is 12.3 Å². The van der Waals surface area contributed by atoms with Gasteiger partial charge in [0.15, 0.2) is 5.43 Å². The van der Waals surface area contributed by atoms with Crippen molar-refractivity contribution >= 4 is 5.91 Å². The van der Waals surface area contributed by atoms with Gasteiger partial charge >= 0.3 is 0 Å². The molecule has 5 nitrogen and oxygen atoms in total. The molecule has 17 heavy (non-hydrogen) atoms. The first-order chi connectivity index (χ1) is 8.09. The number of pyridine rings is 1. The molecule has 1 aromatic heterocycles. The van der Waals surface area contributed by atoms with Gasteiger partial charge in [-0.15, -0.1) is 0 Å². The summed E-state index contributed by atoms with van der Waals surface area (Å²) in [6, 6.07) is 1.51. The topological polar surface area (TPSA) is 62.4 Å². The maximum atomic E-state index is 12.1. The Kier molecular flexibility index (Phi) is 3.28. The van der Waals surface area contributed by atoms with Gasteiger partial charge < -0.3 is 14.6 Å². The molecule has 1 N–H and O–H groups in total. The number of rotatable bonds is 2. The third kappa shape index (κ3) is 2.39. The summed E-state index contributed by atoms with van der Waals surface area (Å²) in [4.78, 5) is 28.3. The van der Waals surface area contributed by atoms with Crippen molar-refractivity contribution in [1.29, 1.82) is 0 Å². The molecule has 1 aliphatic rings. The van der Waals surface area contributed by atoms with Gasteiger partial charge in [-0.05, 0) is 13.3 Å². The molecule has 5 heteroatoms. The standard InChI is InChI=1S/C12H16N2O3/c1-8-5-11(15)10(6-13-8)12(16)14(2)9-3-4-17-7-9/h5-6,9H,3-4,7H2,1-2H3,(H,13,15). The summed E-state index contributed by atoms with van der Waals surface area (Å²) in [6.07, 6.45) is 2.30. The number of ether oxygens (including phenoxy) is 1. The predicted octanol–water partition coefficient (Wildman–Crippen LogP) is 0.544. The van der Waals surface area contributed by atoms with E-state index in [4.69, 9.17) is 4.74 Å². The van der Waals surface area contributed by atoms with E-state index in [2.05, 4.69) is 4.98 Å². The van der Waals surface area contributed by atoms with E-state index in [1.807, 2.05) is 0 Å². The van der Waals surface area contributed by atoms with Gasteiger partial charge in [0.05, 0.1) is 12.6 Å². The second kappa shape index (κ2) is 4.71. The molecule has 2 heterocycles. The van der Waals surface area contributed by atoms with Gasteiger partial charge in [0.25, 0.3) is 5.91 Å². The lowest BCUT2D eigenvalue weighted by Crippen LogP contribution is -2.39. The first-order valence-corrected chi connectivity index (χ1v) is 5.64. The van der Waals surface area contributed by atoms with E-state index >= 15 is 0 Å². The molecule has 1 aromatic rings. The number of hydrogen-bond acceptors (Lipinski definition) is 3. The zero-order chi connectivity index (χ0) is 12.4. The van der Waals surface area contributed by atoms with Crippen LogP contribution in [0.4, 0.5) is 0 Å². The van der Waals surface area contributed by atoms with Crippen LogP contribution in [0, 0.1) is 6.92 Å². The molecule has 0 aliphatic carbocycles. The van der Waals surface area contributed by atoms with Gasteiger partial charge in [-0.25, -0.2) is 0 Å². The molecule has 1 saturated heterocycles. The number of aromatic nitrogens is 1. The van der Waals surface area contributed by atoms with Crippen molar-refractivity contribution in [3.05, 3.63) is 33.7 Å².